The molecule has 0 aliphatic carbocycles. The molecule has 1 unspecified atom stereocenters. The summed E-state index contributed by atoms with van der Waals surface area (Å²) in [6.45, 7) is 11.5. The maximum absolute atomic E-state index is 5.36. The number of rotatable bonds is 5. The van der Waals surface area contributed by atoms with Crippen LogP contribution in [-0.4, -0.2) is 41.8 Å². The molecule has 1 atom stereocenters. The maximum atomic E-state index is 5.36. The van der Waals surface area contributed by atoms with Crippen LogP contribution in [0.5, 0.6) is 0 Å². The third-order valence-corrected chi connectivity index (χ3v) is 4.72. The number of aromatic nitrogens is 2. The zero-order valence-electron chi connectivity index (χ0n) is 17.8. The number of anilines is 1. The average molecular weight is 512 g/mol. The van der Waals surface area contributed by atoms with Gasteiger partial charge in [0.1, 0.15) is 6.54 Å². The van der Waals surface area contributed by atoms with Crippen molar-refractivity contribution < 1.29 is 4.52 Å². The van der Waals surface area contributed by atoms with Crippen molar-refractivity contribution in [1.29, 1.82) is 0 Å². The molecule has 2 N–H and O–H groups in total. The highest BCUT2D eigenvalue weighted by Crippen LogP contribution is 2.20. The Morgan fingerprint density at radius 3 is 2.69 bits per heavy atom. The molecule has 1 aromatic carbocycles. The zero-order valence-corrected chi connectivity index (χ0v) is 20.1. The summed E-state index contributed by atoms with van der Waals surface area (Å²) in [4.78, 5) is 11.6. The molecular weight excluding hydrogens is 479 g/mol. The van der Waals surface area contributed by atoms with Gasteiger partial charge in [0.05, 0.1) is 0 Å². The van der Waals surface area contributed by atoms with E-state index in [-0.39, 0.29) is 29.4 Å². The normalized spacial score (nSPS) is 17.6. The minimum Gasteiger partial charge on any atom is -0.369 e. The van der Waals surface area contributed by atoms with Crippen LogP contribution in [0, 0.1) is 0 Å². The number of halogens is 1. The Morgan fingerprint density at radius 1 is 1.28 bits per heavy atom. The first-order valence-electron chi connectivity index (χ1n) is 10.1. The van der Waals surface area contributed by atoms with E-state index in [1.165, 1.54) is 5.69 Å². The molecule has 8 heteroatoms. The molecule has 1 aliphatic rings. The van der Waals surface area contributed by atoms with Crippen LogP contribution in [0.2, 0.25) is 0 Å². The standard InChI is InChI=1S/C21H32N6O.HI/c1-5-22-20(23-14-18-25-19(28-26-18)21(2,3)4)24-16-10-9-13-27(15-16)17-11-7-6-8-12-17;/h6-8,11-12,16H,5,9-10,13-15H2,1-4H3,(H2,22,23,24);1H. The van der Waals surface area contributed by atoms with Crippen molar-refractivity contribution in [3.05, 3.63) is 42.0 Å². The molecule has 29 heavy (non-hydrogen) atoms. The number of aliphatic imine (C=N–C) groups is 1. The molecule has 0 saturated carbocycles. The quantitative estimate of drug-likeness (QED) is 0.362. The van der Waals surface area contributed by atoms with E-state index in [1.54, 1.807) is 0 Å². The summed E-state index contributed by atoms with van der Waals surface area (Å²) in [6.07, 6.45) is 2.29. The molecule has 7 nitrogen and oxygen atoms in total. The SMILES string of the molecule is CCNC(=NCc1noc(C(C)(C)C)n1)NC1CCCN(c2ccccc2)C1.I. The lowest BCUT2D eigenvalue weighted by atomic mass is 9.97. The number of guanidine groups is 1. The van der Waals surface area contributed by atoms with Gasteiger partial charge in [0.2, 0.25) is 5.89 Å². The molecule has 2 heterocycles. The lowest BCUT2D eigenvalue weighted by Gasteiger charge is -2.35. The second kappa shape index (κ2) is 10.8. The van der Waals surface area contributed by atoms with Crippen LogP contribution in [0.4, 0.5) is 5.69 Å². The third-order valence-electron chi connectivity index (χ3n) is 4.72. The highest BCUT2D eigenvalue weighted by atomic mass is 127. The number of piperidine rings is 1. The molecule has 1 aromatic heterocycles. The van der Waals surface area contributed by atoms with Crippen LogP contribution < -0.4 is 15.5 Å². The first-order chi connectivity index (χ1) is 13.5. The first kappa shape index (κ1) is 23.4. The highest BCUT2D eigenvalue weighted by Gasteiger charge is 2.22. The molecule has 0 bridgehead atoms. The van der Waals surface area contributed by atoms with E-state index in [1.807, 2.05) is 0 Å². The fraction of sp³-hybridized carbons (Fsp3) is 0.571. The van der Waals surface area contributed by atoms with Crippen LogP contribution in [0.25, 0.3) is 0 Å². The molecule has 0 spiro atoms. The third kappa shape index (κ3) is 6.87. The van der Waals surface area contributed by atoms with E-state index >= 15 is 0 Å². The molecule has 160 valence electrons. The van der Waals surface area contributed by atoms with Crippen LogP contribution in [-0.2, 0) is 12.0 Å². The summed E-state index contributed by atoms with van der Waals surface area (Å²) in [7, 11) is 0. The largest absolute Gasteiger partial charge is 0.369 e. The van der Waals surface area contributed by atoms with Crippen molar-refractivity contribution in [2.75, 3.05) is 24.5 Å². The molecule has 1 saturated heterocycles. The van der Waals surface area contributed by atoms with E-state index in [4.69, 9.17) is 4.52 Å². The summed E-state index contributed by atoms with van der Waals surface area (Å²) >= 11 is 0. The van der Waals surface area contributed by atoms with Gasteiger partial charge in [-0.05, 0) is 31.9 Å². The van der Waals surface area contributed by atoms with Gasteiger partial charge in [-0.2, -0.15) is 4.98 Å². The van der Waals surface area contributed by atoms with Crippen molar-refractivity contribution in [1.82, 2.24) is 20.8 Å². The number of hydrogen-bond acceptors (Lipinski definition) is 5. The molecular formula is C21H33IN6O. The zero-order chi connectivity index (χ0) is 20.0. The number of nitrogens with one attached hydrogen (secondary N) is 2. The predicted octanol–water partition coefficient (Wildman–Crippen LogP) is 3.71. The van der Waals surface area contributed by atoms with Gasteiger partial charge in [-0.3, -0.25) is 0 Å². The van der Waals surface area contributed by atoms with Gasteiger partial charge in [0, 0.05) is 36.8 Å². The van der Waals surface area contributed by atoms with Gasteiger partial charge in [-0.1, -0.05) is 44.1 Å². The monoisotopic (exact) mass is 512 g/mol. The van der Waals surface area contributed by atoms with Crippen molar-refractivity contribution in [3.8, 4) is 0 Å². The molecule has 0 amide bonds. The van der Waals surface area contributed by atoms with E-state index in [0.717, 1.165) is 38.4 Å². The van der Waals surface area contributed by atoms with Crippen molar-refractivity contribution in [3.63, 3.8) is 0 Å². The Labute approximate surface area is 190 Å². The lowest BCUT2D eigenvalue weighted by Crippen LogP contribution is -2.51. The van der Waals surface area contributed by atoms with Crippen molar-refractivity contribution in [2.24, 2.45) is 4.99 Å². The predicted molar refractivity (Wildman–Crippen MR) is 128 cm³/mol. The lowest BCUT2D eigenvalue weighted by molar-refractivity contribution is 0.318. The Hall–Kier alpha value is -1.84. The van der Waals surface area contributed by atoms with Gasteiger partial charge in [0.25, 0.3) is 0 Å². The van der Waals surface area contributed by atoms with Crippen molar-refractivity contribution in [2.45, 2.75) is 58.5 Å². The summed E-state index contributed by atoms with van der Waals surface area (Å²) in [5.74, 6) is 2.04. The van der Waals surface area contributed by atoms with E-state index in [0.29, 0.717) is 24.3 Å². The van der Waals surface area contributed by atoms with E-state index in [9.17, 15) is 0 Å². The Bertz CT molecular complexity index is 771. The van der Waals surface area contributed by atoms with Gasteiger partial charge < -0.3 is 20.1 Å². The number of nitrogens with zero attached hydrogens (tertiary/aromatic N) is 4. The minimum atomic E-state index is -0.152. The molecule has 1 fully saturated rings. The second-order valence-corrected chi connectivity index (χ2v) is 8.23. The Morgan fingerprint density at radius 2 is 2.03 bits per heavy atom. The number of hydrogen-bond donors (Lipinski definition) is 2. The fourth-order valence-corrected chi connectivity index (χ4v) is 3.25. The van der Waals surface area contributed by atoms with Crippen LogP contribution >= 0.6 is 24.0 Å². The minimum absolute atomic E-state index is 0. The summed E-state index contributed by atoms with van der Waals surface area (Å²) in [6, 6.07) is 10.9. The topological polar surface area (TPSA) is 78.6 Å². The summed E-state index contributed by atoms with van der Waals surface area (Å²) in [5, 5.41) is 11.0. The second-order valence-electron chi connectivity index (χ2n) is 8.23. The van der Waals surface area contributed by atoms with E-state index < -0.39 is 0 Å². The van der Waals surface area contributed by atoms with Gasteiger partial charge in [0.15, 0.2) is 11.8 Å². The highest BCUT2D eigenvalue weighted by molar-refractivity contribution is 14.0. The first-order valence-corrected chi connectivity index (χ1v) is 10.1. The van der Waals surface area contributed by atoms with Gasteiger partial charge in [-0.15, -0.1) is 24.0 Å². The van der Waals surface area contributed by atoms with Gasteiger partial charge >= 0.3 is 0 Å². The molecule has 2 aromatic rings. The van der Waals surface area contributed by atoms with Crippen molar-refractivity contribution >= 4 is 35.6 Å². The van der Waals surface area contributed by atoms with Gasteiger partial charge in [-0.25, -0.2) is 4.99 Å². The fourth-order valence-electron chi connectivity index (χ4n) is 3.25. The molecule has 1 aliphatic heterocycles. The Kier molecular flexibility index (Phi) is 8.73. The van der Waals surface area contributed by atoms with E-state index in [2.05, 4.69) is 88.7 Å². The molecule has 3 rings (SSSR count). The summed E-state index contributed by atoms with van der Waals surface area (Å²) < 4.78 is 5.36. The number of benzene rings is 1. The Balaban J connectivity index is 0.00000300. The number of para-hydroxylation sites is 1. The van der Waals surface area contributed by atoms with Crippen LogP contribution in [0.1, 0.15) is 52.3 Å². The summed E-state index contributed by atoms with van der Waals surface area (Å²) in [5.41, 5.74) is 1.12. The van der Waals surface area contributed by atoms with Crippen LogP contribution in [0.15, 0.2) is 39.8 Å². The maximum Gasteiger partial charge on any atom is 0.232 e. The smallest absolute Gasteiger partial charge is 0.232 e. The average Bonchev–Trinajstić information content (AvgIpc) is 3.17. The van der Waals surface area contributed by atoms with Crippen LogP contribution in [0.3, 0.4) is 0 Å². The molecule has 0 radical (unpaired) electrons.